The molecule has 0 aliphatic heterocycles. The summed E-state index contributed by atoms with van der Waals surface area (Å²) in [5, 5.41) is 3.08. The van der Waals surface area contributed by atoms with E-state index in [4.69, 9.17) is 0 Å². The van der Waals surface area contributed by atoms with E-state index in [1.807, 2.05) is 26.0 Å². The van der Waals surface area contributed by atoms with Crippen molar-refractivity contribution in [2.45, 2.75) is 20.4 Å². The predicted molar refractivity (Wildman–Crippen MR) is 67.4 cm³/mol. The Kier molecular flexibility index (Phi) is 3.38. The first-order valence-electron chi connectivity index (χ1n) is 5.56. The molecule has 0 unspecified atom stereocenters. The summed E-state index contributed by atoms with van der Waals surface area (Å²) < 4.78 is 13.6. The van der Waals surface area contributed by atoms with Crippen LogP contribution in [0.2, 0.25) is 0 Å². The Morgan fingerprint density at radius 2 is 2.06 bits per heavy atom. The number of halogens is 1. The second-order valence-electron chi connectivity index (χ2n) is 4.14. The maximum atomic E-state index is 13.6. The molecule has 1 heterocycles. The van der Waals surface area contributed by atoms with E-state index >= 15 is 0 Å². The van der Waals surface area contributed by atoms with Crippen molar-refractivity contribution in [3.05, 3.63) is 59.2 Å². The highest BCUT2D eigenvalue weighted by Crippen LogP contribution is 2.16. The van der Waals surface area contributed by atoms with Crippen LogP contribution in [0.5, 0.6) is 0 Å². The first-order chi connectivity index (χ1) is 8.16. The van der Waals surface area contributed by atoms with Crippen LogP contribution in [0.3, 0.4) is 0 Å². The summed E-state index contributed by atoms with van der Waals surface area (Å²) in [6, 6.07) is 7.12. The Labute approximate surface area is 101 Å². The van der Waals surface area contributed by atoms with Gasteiger partial charge in [0, 0.05) is 18.9 Å². The van der Waals surface area contributed by atoms with E-state index in [0.717, 1.165) is 16.7 Å². The summed E-state index contributed by atoms with van der Waals surface area (Å²) >= 11 is 0. The summed E-state index contributed by atoms with van der Waals surface area (Å²) in [5.74, 6) is -0.216. The maximum absolute atomic E-state index is 13.6. The lowest BCUT2D eigenvalue weighted by molar-refractivity contribution is 0.629. The molecule has 1 aromatic carbocycles. The third-order valence-electron chi connectivity index (χ3n) is 2.74. The monoisotopic (exact) mass is 230 g/mol. The number of rotatable bonds is 3. The number of aromatic nitrogens is 1. The number of hydrogen-bond acceptors (Lipinski definition) is 2. The summed E-state index contributed by atoms with van der Waals surface area (Å²) in [7, 11) is 0. The molecule has 1 N–H and O–H groups in total. The number of nitrogens with zero attached hydrogens (tertiary/aromatic N) is 1. The van der Waals surface area contributed by atoms with Crippen LogP contribution in [-0.4, -0.2) is 4.98 Å². The van der Waals surface area contributed by atoms with Gasteiger partial charge in [-0.15, -0.1) is 0 Å². The van der Waals surface area contributed by atoms with Gasteiger partial charge in [0.25, 0.3) is 0 Å². The maximum Gasteiger partial charge on any atom is 0.146 e. The Hall–Kier alpha value is -1.90. The number of anilines is 1. The zero-order valence-electron chi connectivity index (χ0n) is 10.00. The quantitative estimate of drug-likeness (QED) is 0.873. The molecule has 0 saturated heterocycles. The van der Waals surface area contributed by atoms with Gasteiger partial charge >= 0.3 is 0 Å². The van der Waals surface area contributed by atoms with Crippen molar-refractivity contribution in [3.63, 3.8) is 0 Å². The Balaban J connectivity index is 2.10. The summed E-state index contributed by atoms with van der Waals surface area (Å²) in [6.45, 7) is 4.47. The average molecular weight is 230 g/mol. The van der Waals surface area contributed by atoms with Crippen LogP contribution < -0.4 is 5.32 Å². The molecule has 0 spiro atoms. The van der Waals surface area contributed by atoms with Crippen molar-refractivity contribution < 1.29 is 4.39 Å². The van der Waals surface area contributed by atoms with Gasteiger partial charge in [0.1, 0.15) is 5.82 Å². The number of pyridine rings is 1. The first kappa shape index (κ1) is 11.6. The van der Waals surface area contributed by atoms with E-state index in [2.05, 4.69) is 10.3 Å². The molecule has 0 bridgehead atoms. The Bertz CT molecular complexity index is 523. The molecule has 0 atom stereocenters. The van der Waals surface area contributed by atoms with E-state index in [1.54, 1.807) is 18.5 Å². The fourth-order valence-corrected chi connectivity index (χ4v) is 1.64. The fraction of sp³-hybridized carbons (Fsp3) is 0.214. The van der Waals surface area contributed by atoms with Crippen molar-refractivity contribution in [1.29, 1.82) is 0 Å². The summed E-state index contributed by atoms with van der Waals surface area (Å²) in [6.07, 6.45) is 3.56. The lowest BCUT2D eigenvalue weighted by Crippen LogP contribution is -2.03. The second kappa shape index (κ2) is 4.95. The van der Waals surface area contributed by atoms with Crippen LogP contribution in [0.15, 0.2) is 36.7 Å². The van der Waals surface area contributed by atoms with Crippen LogP contribution >= 0.6 is 0 Å². The van der Waals surface area contributed by atoms with E-state index in [1.165, 1.54) is 6.07 Å². The normalized spacial score (nSPS) is 10.3. The van der Waals surface area contributed by atoms with E-state index in [9.17, 15) is 4.39 Å². The molecule has 2 nitrogen and oxygen atoms in total. The second-order valence-corrected chi connectivity index (χ2v) is 4.14. The highest BCUT2D eigenvalue weighted by atomic mass is 19.1. The van der Waals surface area contributed by atoms with Crippen LogP contribution in [-0.2, 0) is 6.54 Å². The van der Waals surface area contributed by atoms with Gasteiger partial charge < -0.3 is 5.32 Å². The molecule has 2 aromatic rings. The van der Waals surface area contributed by atoms with Gasteiger partial charge in [-0.05, 0) is 48.7 Å². The van der Waals surface area contributed by atoms with Crippen LogP contribution in [0.4, 0.5) is 10.1 Å². The van der Waals surface area contributed by atoms with Gasteiger partial charge in [-0.1, -0.05) is 6.07 Å². The summed E-state index contributed by atoms with van der Waals surface area (Å²) in [5.41, 5.74) is 3.68. The minimum absolute atomic E-state index is 0.216. The van der Waals surface area contributed by atoms with Crippen molar-refractivity contribution >= 4 is 5.69 Å². The van der Waals surface area contributed by atoms with Gasteiger partial charge in [-0.25, -0.2) is 4.39 Å². The van der Waals surface area contributed by atoms with Gasteiger partial charge in [0.05, 0.1) is 5.69 Å². The molecule has 88 valence electrons. The standard InChI is InChI=1S/C14H15FN2/c1-10-3-4-14(13(15)7-10)17-9-12-8-16-6-5-11(12)2/h3-8,17H,9H2,1-2H3. The van der Waals surface area contributed by atoms with E-state index < -0.39 is 0 Å². The van der Waals surface area contributed by atoms with Crippen molar-refractivity contribution in [2.24, 2.45) is 0 Å². The van der Waals surface area contributed by atoms with Crippen LogP contribution in [0, 0.1) is 19.7 Å². The van der Waals surface area contributed by atoms with Gasteiger partial charge in [0.2, 0.25) is 0 Å². The van der Waals surface area contributed by atoms with E-state index in [-0.39, 0.29) is 5.82 Å². The molecule has 0 radical (unpaired) electrons. The molecule has 0 aliphatic rings. The van der Waals surface area contributed by atoms with Gasteiger partial charge in [-0.2, -0.15) is 0 Å². The minimum Gasteiger partial charge on any atom is -0.379 e. The van der Waals surface area contributed by atoms with Crippen LogP contribution in [0.25, 0.3) is 0 Å². The fourth-order valence-electron chi connectivity index (χ4n) is 1.64. The molecule has 2 rings (SSSR count). The first-order valence-corrected chi connectivity index (χ1v) is 5.56. The highest BCUT2D eigenvalue weighted by Gasteiger charge is 2.02. The number of nitrogens with one attached hydrogen (secondary N) is 1. The lowest BCUT2D eigenvalue weighted by Gasteiger charge is -2.09. The molecule has 0 saturated carbocycles. The zero-order valence-corrected chi connectivity index (χ0v) is 10.00. The third-order valence-corrected chi connectivity index (χ3v) is 2.74. The van der Waals surface area contributed by atoms with Crippen LogP contribution in [0.1, 0.15) is 16.7 Å². The molecule has 1 aromatic heterocycles. The predicted octanol–water partition coefficient (Wildman–Crippen LogP) is 3.45. The molecule has 0 fully saturated rings. The molecule has 0 aliphatic carbocycles. The molecular weight excluding hydrogens is 215 g/mol. The highest BCUT2D eigenvalue weighted by molar-refractivity contribution is 5.46. The topological polar surface area (TPSA) is 24.9 Å². The van der Waals surface area contributed by atoms with Crippen molar-refractivity contribution in [3.8, 4) is 0 Å². The molecule has 3 heteroatoms. The Morgan fingerprint density at radius 3 is 2.76 bits per heavy atom. The van der Waals surface area contributed by atoms with E-state index in [0.29, 0.717) is 12.2 Å². The third kappa shape index (κ3) is 2.81. The van der Waals surface area contributed by atoms with Gasteiger partial charge in [0.15, 0.2) is 0 Å². The number of hydrogen-bond donors (Lipinski definition) is 1. The zero-order chi connectivity index (χ0) is 12.3. The lowest BCUT2D eigenvalue weighted by atomic mass is 10.1. The Morgan fingerprint density at radius 1 is 1.24 bits per heavy atom. The minimum atomic E-state index is -0.216. The smallest absolute Gasteiger partial charge is 0.146 e. The van der Waals surface area contributed by atoms with Gasteiger partial charge in [-0.3, -0.25) is 4.98 Å². The molecule has 17 heavy (non-hydrogen) atoms. The van der Waals surface area contributed by atoms with Crippen molar-refractivity contribution in [1.82, 2.24) is 4.98 Å². The SMILES string of the molecule is Cc1ccc(NCc2cnccc2C)c(F)c1. The number of aryl methyl sites for hydroxylation is 2. The molecule has 0 amide bonds. The van der Waals surface area contributed by atoms with Crippen molar-refractivity contribution in [2.75, 3.05) is 5.32 Å². The molecular formula is C14H15FN2. The largest absolute Gasteiger partial charge is 0.379 e. The summed E-state index contributed by atoms with van der Waals surface area (Å²) in [4.78, 5) is 4.06. The number of benzene rings is 1. The average Bonchev–Trinajstić information content (AvgIpc) is 2.30.